The Kier molecular flexibility index (Phi) is 14.0. The standard InChI is InChI=1S/C51H45N9O9S2/c1-50(2,3)67-49(64)56-48-55-42(58-71-48)39(57-69-51(35-14-8-5-9-15-35,36-16-10-6-11-17-36)37-18-12-7-13-19-37)43(61)54-40-45(62)60-41(47(63)66-29-32-20-22-38(65-4)23-21-32)34(30-70-46(40)60)28-59-26-24-33(25-27-59)44-52-31-53-68-44/h5-27,31,40,46H,28-30H2,1-4H3,(H-,54,55,56,58,61,64)/p+1/t40-,46+/m1/s1. The number of esters is 1. The van der Waals surface area contributed by atoms with Gasteiger partial charge in [-0.2, -0.15) is 14.3 Å². The molecule has 9 rings (SSSR count). The number of pyridine rings is 1. The van der Waals surface area contributed by atoms with E-state index >= 15 is 0 Å². The number of benzene rings is 4. The van der Waals surface area contributed by atoms with E-state index < -0.39 is 52.2 Å². The van der Waals surface area contributed by atoms with Crippen LogP contribution < -0.4 is 19.9 Å². The topological polar surface area (TPSA) is 213 Å². The number of methoxy groups -OCH3 is 1. The minimum atomic E-state index is -1.42. The van der Waals surface area contributed by atoms with Crippen molar-refractivity contribution in [2.75, 3.05) is 18.2 Å². The molecule has 18 nitrogen and oxygen atoms in total. The van der Waals surface area contributed by atoms with Gasteiger partial charge < -0.3 is 28.9 Å². The molecule has 0 unspecified atom stereocenters. The first-order valence-corrected chi connectivity index (χ1v) is 24.0. The second-order valence-corrected chi connectivity index (χ2v) is 19.0. The van der Waals surface area contributed by atoms with Gasteiger partial charge in [0.15, 0.2) is 25.3 Å². The van der Waals surface area contributed by atoms with Crippen LogP contribution in [0, 0.1) is 0 Å². The molecule has 2 N–H and O–H groups in total. The van der Waals surface area contributed by atoms with Gasteiger partial charge in [0.2, 0.25) is 22.3 Å². The molecule has 1 saturated heterocycles. The highest BCUT2D eigenvalue weighted by atomic mass is 32.2. The first-order chi connectivity index (χ1) is 34.4. The van der Waals surface area contributed by atoms with E-state index in [1.165, 1.54) is 23.0 Å². The molecule has 2 aliphatic rings. The van der Waals surface area contributed by atoms with Gasteiger partial charge in [0, 0.05) is 51.7 Å². The van der Waals surface area contributed by atoms with E-state index in [0.717, 1.165) is 11.5 Å². The molecule has 20 heteroatoms. The summed E-state index contributed by atoms with van der Waals surface area (Å²) in [6.45, 7) is 5.32. The summed E-state index contributed by atoms with van der Waals surface area (Å²) in [5, 5.41) is 13.0. The molecule has 7 aromatic rings. The Bertz CT molecular complexity index is 2980. The van der Waals surface area contributed by atoms with Gasteiger partial charge in [-0.25, -0.2) is 14.2 Å². The van der Waals surface area contributed by atoms with Crippen LogP contribution >= 0.6 is 23.3 Å². The van der Waals surface area contributed by atoms with Crippen LogP contribution in [0.25, 0.3) is 11.5 Å². The fourth-order valence-corrected chi connectivity index (χ4v) is 9.80. The molecule has 2 aliphatic heterocycles. The highest BCUT2D eigenvalue weighted by molar-refractivity contribution is 8.00. The molecule has 0 saturated carbocycles. The monoisotopic (exact) mass is 992 g/mol. The van der Waals surface area contributed by atoms with Gasteiger partial charge in [-0.05, 0) is 38.5 Å². The third-order valence-electron chi connectivity index (χ3n) is 11.2. The fraction of sp³-hybridized carbons (Fsp3) is 0.216. The van der Waals surface area contributed by atoms with E-state index in [2.05, 4.69) is 35.3 Å². The lowest BCUT2D eigenvalue weighted by molar-refractivity contribution is -0.689. The number of hydrogen-bond acceptors (Lipinski definition) is 16. The maximum atomic E-state index is 14.8. The van der Waals surface area contributed by atoms with E-state index in [-0.39, 0.29) is 29.8 Å². The predicted octanol–water partition coefficient (Wildman–Crippen LogP) is 7.04. The van der Waals surface area contributed by atoms with Crippen molar-refractivity contribution < 1.29 is 47.3 Å². The first-order valence-electron chi connectivity index (χ1n) is 22.2. The van der Waals surface area contributed by atoms with Crippen LogP contribution in [0.5, 0.6) is 5.75 Å². The van der Waals surface area contributed by atoms with Crippen molar-refractivity contribution in [2.45, 2.75) is 56.5 Å². The van der Waals surface area contributed by atoms with Crippen LogP contribution in [0.15, 0.2) is 167 Å². The normalized spacial score (nSPS) is 15.8. The maximum absolute atomic E-state index is 14.8. The van der Waals surface area contributed by atoms with Crippen molar-refractivity contribution in [3.63, 3.8) is 0 Å². The maximum Gasteiger partial charge on any atom is 0.414 e. The highest BCUT2D eigenvalue weighted by Crippen LogP contribution is 2.42. The molecule has 0 aliphatic carbocycles. The smallest absolute Gasteiger partial charge is 0.414 e. The largest absolute Gasteiger partial charge is 0.497 e. The zero-order valence-corrected chi connectivity index (χ0v) is 40.4. The minimum Gasteiger partial charge on any atom is -0.497 e. The van der Waals surface area contributed by atoms with Gasteiger partial charge in [-0.15, -0.1) is 11.8 Å². The number of anilines is 1. The van der Waals surface area contributed by atoms with Crippen molar-refractivity contribution in [2.24, 2.45) is 5.16 Å². The van der Waals surface area contributed by atoms with Crippen LogP contribution in [0.1, 0.15) is 48.8 Å². The zero-order chi connectivity index (χ0) is 49.5. The van der Waals surface area contributed by atoms with Gasteiger partial charge in [-0.1, -0.05) is 113 Å². The van der Waals surface area contributed by atoms with Crippen LogP contribution in [0.2, 0.25) is 0 Å². The number of amides is 3. The highest BCUT2D eigenvalue weighted by Gasteiger charge is 2.55. The van der Waals surface area contributed by atoms with Crippen LogP contribution in [0.4, 0.5) is 9.93 Å². The SMILES string of the molecule is COc1ccc(COC(=O)C2=C(C[n+]3ccc(-c4ncno4)cc3)CS[C@H]3[C@H](NC(=O)C(=NOC(c4ccccc4)(c4ccccc4)c4ccccc4)c4nsc(NC(=O)OC(C)(C)C)n4)C(=O)N23)cc1. The summed E-state index contributed by atoms with van der Waals surface area (Å²) in [7, 11) is 1.56. The third-order valence-corrected chi connectivity index (χ3v) is 13.2. The average molecular weight is 993 g/mol. The molecule has 5 heterocycles. The number of nitrogens with zero attached hydrogens (tertiary/aromatic N) is 7. The predicted molar refractivity (Wildman–Crippen MR) is 261 cm³/mol. The van der Waals surface area contributed by atoms with Crippen LogP contribution in [-0.4, -0.2) is 83.9 Å². The Labute approximate surface area is 415 Å². The Morgan fingerprint density at radius 1 is 0.873 bits per heavy atom. The van der Waals surface area contributed by atoms with Gasteiger partial charge >= 0.3 is 12.1 Å². The average Bonchev–Trinajstić information content (AvgIpc) is 4.10. The van der Waals surface area contributed by atoms with E-state index in [1.54, 1.807) is 76.7 Å². The molecule has 0 radical (unpaired) electrons. The Morgan fingerprint density at radius 3 is 2.08 bits per heavy atom. The summed E-state index contributed by atoms with van der Waals surface area (Å²) in [6, 6.07) is 37.8. The number of carbonyl (C=O) groups is 4. The summed E-state index contributed by atoms with van der Waals surface area (Å²) in [4.78, 5) is 73.0. The molecule has 3 aromatic heterocycles. The summed E-state index contributed by atoms with van der Waals surface area (Å²) in [5.74, 6) is -1.04. The summed E-state index contributed by atoms with van der Waals surface area (Å²) in [6.07, 6.45) is 4.14. The molecule has 2 atom stereocenters. The van der Waals surface area contributed by atoms with Gasteiger partial charge in [0.05, 0.1) is 12.7 Å². The lowest BCUT2D eigenvalue weighted by Crippen LogP contribution is -2.71. The fourth-order valence-electron chi connectivity index (χ4n) is 7.90. The molecule has 1 fully saturated rings. The lowest BCUT2D eigenvalue weighted by Gasteiger charge is -2.49. The van der Waals surface area contributed by atoms with Crippen LogP contribution in [0.3, 0.4) is 0 Å². The number of rotatable bonds is 16. The Balaban J connectivity index is 1.04. The molecular formula is C51H46N9O9S2+. The first kappa shape index (κ1) is 47.8. The second kappa shape index (κ2) is 20.8. The summed E-state index contributed by atoms with van der Waals surface area (Å²) in [5.41, 5.74) is 1.55. The number of thioether (sulfide) groups is 1. The molecule has 360 valence electrons. The van der Waals surface area contributed by atoms with Crippen molar-refractivity contribution in [1.82, 2.24) is 29.7 Å². The van der Waals surface area contributed by atoms with E-state index in [1.807, 2.05) is 95.6 Å². The molecule has 3 amide bonds. The van der Waals surface area contributed by atoms with Crippen molar-refractivity contribution in [1.29, 1.82) is 0 Å². The van der Waals surface area contributed by atoms with Crippen LogP contribution in [-0.2, 0) is 47.4 Å². The zero-order valence-electron chi connectivity index (χ0n) is 38.8. The molecule has 71 heavy (non-hydrogen) atoms. The number of hydrogen-bond donors (Lipinski definition) is 2. The van der Waals surface area contributed by atoms with Gasteiger partial charge in [0.1, 0.15) is 35.1 Å². The number of carbonyl (C=O) groups excluding carboxylic acids is 4. The van der Waals surface area contributed by atoms with Crippen molar-refractivity contribution >= 4 is 58.0 Å². The molecule has 0 spiro atoms. The summed E-state index contributed by atoms with van der Waals surface area (Å²) < 4.78 is 28.0. The number of aromatic nitrogens is 5. The number of nitrogens with one attached hydrogen (secondary N) is 2. The number of fused-ring (bicyclic) bond motifs is 1. The Hall–Kier alpha value is -8.23. The van der Waals surface area contributed by atoms with Crippen molar-refractivity contribution in [3.8, 4) is 17.2 Å². The minimum absolute atomic E-state index is 0.0153. The molecule has 4 aromatic carbocycles. The van der Waals surface area contributed by atoms with E-state index in [4.69, 9.17) is 23.6 Å². The van der Waals surface area contributed by atoms with E-state index in [9.17, 15) is 19.2 Å². The Morgan fingerprint density at radius 2 is 1.51 bits per heavy atom. The molecule has 0 bridgehead atoms. The number of oxime groups is 1. The second-order valence-electron chi connectivity index (χ2n) is 17.1. The van der Waals surface area contributed by atoms with E-state index in [0.29, 0.717) is 50.8 Å². The van der Waals surface area contributed by atoms with Gasteiger partial charge in [0.25, 0.3) is 17.7 Å². The number of β-lactam (4-membered cyclic amide) rings is 1. The van der Waals surface area contributed by atoms with Crippen molar-refractivity contribution in [3.05, 3.63) is 185 Å². The lowest BCUT2D eigenvalue weighted by atomic mass is 9.80. The summed E-state index contributed by atoms with van der Waals surface area (Å²) >= 11 is 2.16. The third kappa shape index (κ3) is 10.5. The number of ether oxygens (including phenoxy) is 3. The quantitative estimate of drug-likeness (QED) is 0.0248. The molecular weight excluding hydrogens is 947 g/mol. The van der Waals surface area contributed by atoms with Gasteiger partial charge in [-0.3, -0.25) is 19.8 Å².